The van der Waals surface area contributed by atoms with E-state index in [-0.39, 0.29) is 17.0 Å². The van der Waals surface area contributed by atoms with Gasteiger partial charge in [0, 0.05) is 69.3 Å². The first kappa shape index (κ1) is 29.7. The Hall–Kier alpha value is -3.80. The molecule has 11 heteroatoms. The summed E-state index contributed by atoms with van der Waals surface area (Å²) in [5.41, 5.74) is 1.35. The molecule has 0 radical (unpaired) electrons. The third kappa shape index (κ3) is 7.15. The molecule has 3 heterocycles. The quantitative estimate of drug-likeness (QED) is 0.378. The van der Waals surface area contributed by atoms with Gasteiger partial charge < -0.3 is 20.4 Å². The Morgan fingerprint density at radius 1 is 0.738 bits per heavy atom. The number of fused-ring (bicyclic) bond motifs is 1. The molecule has 2 aromatic carbocycles. The summed E-state index contributed by atoms with van der Waals surface area (Å²) < 4.78 is 3.07. The summed E-state index contributed by atoms with van der Waals surface area (Å²) in [5, 5.41) is 5.92. The Balaban J connectivity index is 1.41. The second-order valence-electron chi connectivity index (χ2n) is 11.4. The molecule has 3 aromatic rings. The third-order valence-electron chi connectivity index (χ3n) is 8.33. The lowest BCUT2D eigenvalue weighted by molar-refractivity contribution is 0.101. The molecule has 224 valence electrons. The highest BCUT2D eigenvalue weighted by molar-refractivity contribution is 6.02. The number of aromatic nitrogens is 2. The van der Waals surface area contributed by atoms with Crippen molar-refractivity contribution in [3.63, 3.8) is 0 Å². The van der Waals surface area contributed by atoms with Crippen LogP contribution in [0.4, 0.5) is 16.2 Å². The highest BCUT2D eigenvalue weighted by Crippen LogP contribution is 2.18. The number of ketones is 1. The molecule has 1 aromatic heterocycles. The SMILES string of the molecule is CC(=O)c1cccc(NC(=O)Nc2ccc3c(c2)c(=O)n(CCN2CCN(C)CC2)c(=O)n3CCN2CCCCC2)c1. The smallest absolute Gasteiger partial charge is 0.308 e. The molecule has 2 aliphatic rings. The van der Waals surface area contributed by atoms with Crippen LogP contribution >= 0.6 is 0 Å². The normalized spacial score (nSPS) is 16.9. The van der Waals surface area contributed by atoms with Gasteiger partial charge in [-0.3, -0.25) is 23.6 Å². The number of Topliss-reactive ketones (excluding diaryl/α,β-unsaturated/α-hetero) is 1. The van der Waals surface area contributed by atoms with E-state index in [1.807, 2.05) is 0 Å². The summed E-state index contributed by atoms with van der Waals surface area (Å²) in [6.45, 7) is 9.41. The lowest BCUT2D eigenvalue weighted by Gasteiger charge is -2.32. The summed E-state index contributed by atoms with van der Waals surface area (Å²) in [4.78, 5) is 58.9. The van der Waals surface area contributed by atoms with Crippen molar-refractivity contribution in [2.24, 2.45) is 0 Å². The first-order chi connectivity index (χ1) is 20.3. The predicted octanol–water partition coefficient (Wildman–Crippen LogP) is 2.74. The zero-order valence-electron chi connectivity index (χ0n) is 24.6. The summed E-state index contributed by atoms with van der Waals surface area (Å²) >= 11 is 0. The van der Waals surface area contributed by atoms with E-state index in [0.29, 0.717) is 47.5 Å². The van der Waals surface area contributed by atoms with Gasteiger partial charge in [-0.15, -0.1) is 0 Å². The van der Waals surface area contributed by atoms with Gasteiger partial charge in [0.05, 0.1) is 10.9 Å². The Morgan fingerprint density at radius 2 is 1.38 bits per heavy atom. The fraction of sp³-hybridized carbons (Fsp3) is 0.484. The van der Waals surface area contributed by atoms with Crippen molar-refractivity contribution >= 4 is 34.1 Å². The van der Waals surface area contributed by atoms with Crippen LogP contribution in [0, 0.1) is 0 Å². The number of benzene rings is 2. The zero-order chi connectivity index (χ0) is 29.6. The van der Waals surface area contributed by atoms with Crippen molar-refractivity contribution in [3.05, 3.63) is 68.9 Å². The Kier molecular flexibility index (Phi) is 9.51. The van der Waals surface area contributed by atoms with Crippen molar-refractivity contribution in [3.8, 4) is 0 Å². The number of likely N-dealkylation sites (tertiary alicyclic amines) is 1. The van der Waals surface area contributed by atoms with Crippen LogP contribution in [0.15, 0.2) is 52.1 Å². The van der Waals surface area contributed by atoms with Crippen molar-refractivity contribution in [2.45, 2.75) is 39.3 Å². The van der Waals surface area contributed by atoms with Crippen molar-refractivity contribution in [2.75, 3.05) is 70.0 Å². The number of nitrogens with zero attached hydrogens (tertiary/aromatic N) is 5. The number of nitrogens with one attached hydrogen (secondary N) is 2. The number of likely N-dealkylation sites (N-methyl/N-ethyl adjacent to an activating group) is 1. The molecule has 2 N–H and O–H groups in total. The molecule has 2 saturated heterocycles. The predicted molar refractivity (Wildman–Crippen MR) is 166 cm³/mol. The molecule has 5 rings (SSSR count). The van der Waals surface area contributed by atoms with Crippen LogP contribution in [-0.4, -0.2) is 95.1 Å². The van der Waals surface area contributed by atoms with Crippen LogP contribution in [0.1, 0.15) is 36.5 Å². The second-order valence-corrected chi connectivity index (χ2v) is 11.4. The van der Waals surface area contributed by atoms with Gasteiger partial charge in [-0.1, -0.05) is 18.6 Å². The first-order valence-corrected chi connectivity index (χ1v) is 14.9. The molecule has 2 amide bonds. The van der Waals surface area contributed by atoms with Gasteiger partial charge in [0.25, 0.3) is 5.56 Å². The van der Waals surface area contributed by atoms with E-state index in [4.69, 9.17) is 0 Å². The molecule has 42 heavy (non-hydrogen) atoms. The number of carbonyl (C=O) groups is 2. The molecule has 11 nitrogen and oxygen atoms in total. The van der Waals surface area contributed by atoms with Gasteiger partial charge in [-0.2, -0.15) is 0 Å². The number of hydrogen-bond donors (Lipinski definition) is 2. The first-order valence-electron chi connectivity index (χ1n) is 14.9. The number of rotatable bonds is 9. The number of anilines is 2. The van der Waals surface area contributed by atoms with Crippen LogP contribution < -0.4 is 21.9 Å². The maximum atomic E-state index is 13.7. The van der Waals surface area contributed by atoms with E-state index in [1.54, 1.807) is 47.0 Å². The minimum atomic E-state index is -0.496. The molecule has 0 unspecified atom stereocenters. The van der Waals surface area contributed by atoms with Gasteiger partial charge in [0.1, 0.15) is 0 Å². The summed E-state index contributed by atoms with van der Waals surface area (Å²) in [7, 11) is 2.10. The maximum Gasteiger partial charge on any atom is 0.331 e. The Bertz CT molecular complexity index is 1550. The van der Waals surface area contributed by atoms with Crippen molar-refractivity contribution in [1.29, 1.82) is 0 Å². The molecule has 0 saturated carbocycles. The molecular formula is C31H41N7O4. The highest BCUT2D eigenvalue weighted by Gasteiger charge is 2.19. The minimum absolute atomic E-state index is 0.0937. The fourth-order valence-corrected chi connectivity index (χ4v) is 5.76. The zero-order valence-corrected chi connectivity index (χ0v) is 24.6. The van der Waals surface area contributed by atoms with Gasteiger partial charge in [-0.25, -0.2) is 9.59 Å². The van der Waals surface area contributed by atoms with Crippen LogP contribution in [0.2, 0.25) is 0 Å². The largest absolute Gasteiger partial charge is 0.331 e. The van der Waals surface area contributed by atoms with Gasteiger partial charge in [-0.05, 0) is 70.2 Å². The second kappa shape index (κ2) is 13.5. The lowest BCUT2D eigenvalue weighted by atomic mass is 10.1. The van der Waals surface area contributed by atoms with Gasteiger partial charge in [0.15, 0.2) is 5.78 Å². The topological polar surface area (TPSA) is 112 Å². The van der Waals surface area contributed by atoms with Gasteiger partial charge >= 0.3 is 11.7 Å². The number of piperazine rings is 1. The maximum absolute atomic E-state index is 13.7. The summed E-state index contributed by atoms with van der Waals surface area (Å²) in [5.74, 6) is -0.0937. The number of piperidine rings is 1. The third-order valence-corrected chi connectivity index (χ3v) is 8.33. The molecule has 0 atom stereocenters. The average molecular weight is 576 g/mol. The summed E-state index contributed by atoms with van der Waals surface area (Å²) in [6, 6.07) is 11.3. The van der Waals surface area contributed by atoms with Crippen LogP contribution in [-0.2, 0) is 13.1 Å². The van der Waals surface area contributed by atoms with E-state index >= 15 is 0 Å². The van der Waals surface area contributed by atoms with Crippen LogP contribution in [0.25, 0.3) is 10.9 Å². The molecule has 2 fully saturated rings. The Labute approximate surface area is 245 Å². The van der Waals surface area contributed by atoms with E-state index in [1.165, 1.54) is 17.9 Å². The minimum Gasteiger partial charge on any atom is -0.308 e. The van der Waals surface area contributed by atoms with E-state index in [0.717, 1.165) is 58.7 Å². The standard InChI is InChI=1S/C31H41N7O4/c1-23(39)24-7-6-8-25(21-24)32-30(41)33-26-9-10-28-27(22-26)29(40)38(20-18-36-15-13-34(2)14-16-36)31(42)37(28)19-17-35-11-4-3-5-12-35/h6-10,21-22H,3-5,11-20H2,1-2H3,(H2,32,33,41). The van der Waals surface area contributed by atoms with E-state index in [9.17, 15) is 19.2 Å². The van der Waals surface area contributed by atoms with Crippen LogP contribution in [0.3, 0.4) is 0 Å². The van der Waals surface area contributed by atoms with Crippen molar-refractivity contribution in [1.82, 2.24) is 23.8 Å². The number of hydrogen-bond acceptors (Lipinski definition) is 7. The number of amides is 2. The van der Waals surface area contributed by atoms with E-state index in [2.05, 4.69) is 32.4 Å². The number of carbonyl (C=O) groups excluding carboxylic acids is 2. The Morgan fingerprint density at radius 3 is 2.07 bits per heavy atom. The van der Waals surface area contributed by atoms with Crippen molar-refractivity contribution < 1.29 is 9.59 Å². The van der Waals surface area contributed by atoms with Crippen LogP contribution in [0.5, 0.6) is 0 Å². The molecular weight excluding hydrogens is 534 g/mol. The van der Waals surface area contributed by atoms with Gasteiger partial charge in [0.2, 0.25) is 0 Å². The van der Waals surface area contributed by atoms with E-state index < -0.39 is 6.03 Å². The summed E-state index contributed by atoms with van der Waals surface area (Å²) in [6.07, 6.45) is 3.56. The lowest BCUT2D eigenvalue weighted by Crippen LogP contribution is -2.48. The number of urea groups is 1. The molecule has 0 spiro atoms. The molecule has 0 bridgehead atoms. The highest BCUT2D eigenvalue weighted by atomic mass is 16.2. The molecule has 2 aliphatic heterocycles. The average Bonchev–Trinajstić information content (AvgIpc) is 2.98. The molecule has 0 aliphatic carbocycles. The fourth-order valence-electron chi connectivity index (χ4n) is 5.76. The monoisotopic (exact) mass is 575 g/mol.